The van der Waals surface area contributed by atoms with Crippen molar-refractivity contribution in [1.82, 2.24) is 4.57 Å². The van der Waals surface area contributed by atoms with Gasteiger partial charge in [0.15, 0.2) is 0 Å². The third kappa shape index (κ3) is 12.4. The van der Waals surface area contributed by atoms with Crippen LogP contribution in [0.3, 0.4) is 0 Å². The standard InChI is InChI=1S/C102H100BN3/c1-97(2,3)73-47-38-66(39-48-73)80-32-26-33-81(67-40-49-74(50-41-67)98(4,5)6)95(80)105-90-57-46-70(71-58-77(101(13,14)15)63-78(59-71)102(16,17)18)60-87(90)103-86-56-55-79(104-88-36-24-22-30-84(88)85-31-23-25-37-89(85)104)64-91(86)106(93-62-72(61-92(105)94(93)103)65-28-20-19-21-29-65)96-82(68-42-51-75(52-43-68)99(7,8)9)34-27-35-83(96)69-44-53-76(54-45-69)100(10,11)12/h19-64H,1-18H3/i22D,23D,24D,25D,30D,31D,36D,37D. The summed E-state index contributed by atoms with van der Waals surface area (Å²) in [6.07, 6.45) is 0. The number of aromatic nitrogens is 1. The van der Waals surface area contributed by atoms with Gasteiger partial charge in [0.2, 0.25) is 0 Å². The average molecular weight is 1390 g/mol. The molecule has 0 bridgehead atoms. The van der Waals surface area contributed by atoms with Crippen molar-refractivity contribution >= 4 is 79.0 Å². The normalized spacial score (nSPS) is 14.4. The molecule has 526 valence electrons. The predicted octanol–water partition coefficient (Wildman–Crippen LogP) is 26.7. The van der Waals surface area contributed by atoms with Crippen LogP contribution in [0.1, 0.15) is 169 Å². The molecule has 14 aromatic rings. The van der Waals surface area contributed by atoms with Crippen LogP contribution in [-0.2, 0) is 32.5 Å². The zero-order chi connectivity index (χ0) is 81.3. The highest BCUT2D eigenvalue weighted by Crippen LogP contribution is 2.55. The first-order valence-corrected chi connectivity index (χ1v) is 37.7. The Balaban J connectivity index is 1.12. The van der Waals surface area contributed by atoms with Crippen LogP contribution in [-0.4, -0.2) is 11.3 Å². The van der Waals surface area contributed by atoms with Gasteiger partial charge in [-0.3, -0.25) is 0 Å². The van der Waals surface area contributed by atoms with E-state index >= 15 is 0 Å². The fourth-order valence-electron chi connectivity index (χ4n) is 16.0. The smallest absolute Gasteiger partial charge is 0.252 e. The Hall–Kier alpha value is -10.7. The lowest BCUT2D eigenvalue weighted by atomic mass is 9.33. The highest BCUT2D eigenvalue weighted by atomic mass is 15.2. The maximum Gasteiger partial charge on any atom is 0.252 e. The number of nitrogens with zero attached hydrogens (tertiary/aromatic N) is 3. The summed E-state index contributed by atoms with van der Waals surface area (Å²) in [5.74, 6) is 0. The maximum absolute atomic E-state index is 9.93. The van der Waals surface area contributed by atoms with Crippen LogP contribution in [0, 0.1) is 0 Å². The lowest BCUT2D eigenvalue weighted by molar-refractivity contribution is 0.569. The molecule has 0 N–H and O–H groups in total. The maximum atomic E-state index is 9.93. The van der Waals surface area contributed by atoms with E-state index in [0.29, 0.717) is 5.69 Å². The second-order valence-electron chi connectivity index (χ2n) is 35.7. The Labute approximate surface area is 642 Å². The van der Waals surface area contributed by atoms with E-state index in [9.17, 15) is 8.22 Å². The average Bonchev–Trinajstić information content (AvgIpc) is 1.10. The van der Waals surface area contributed by atoms with Crippen LogP contribution in [0.2, 0.25) is 0 Å². The van der Waals surface area contributed by atoms with Crippen LogP contribution in [0.5, 0.6) is 0 Å². The van der Waals surface area contributed by atoms with E-state index in [1.807, 2.05) is 6.07 Å². The second-order valence-corrected chi connectivity index (χ2v) is 35.7. The summed E-state index contributed by atoms with van der Waals surface area (Å²) in [6, 6.07) is 82.5. The van der Waals surface area contributed by atoms with Gasteiger partial charge in [-0.25, -0.2) is 0 Å². The molecule has 2 aliphatic rings. The molecule has 0 fully saturated rings. The SMILES string of the molecule is [2H]c1c([2H])c([2H])c2c(c1[2H])c1c([2H])c([2H])c([2H])c([2H])c1n2-c1ccc2c(c1)N(c1c(-c3ccc(C(C)(C)C)cc3)cccc1-c1ccc(C(C)(C)C)cc1)c1cc(-c3ccccc3)cc3c1B2c1cc(-c2cc(C(C)(C)C)cc(C(C)(C)C)c2)ccc1N3c1c(-c2ccc(C(C)(C)C)cc2)cccc1-c1ccc(C(C)(C)C)cc1. The summed E-state index contributed by atoms with van der Waals surface area (Å²) < 4.78 is 77.8. The molecular weight excluding hydrogens is 1280 g/mol. The quantitative estimate of drug-likeness (QED) is 0.133. The van der Waals surface area contributed by atoms with Gasteiger partial charge in [-0.15, -0.1) is 0 Å². The van der Waals surface area contributed by atoms with Crippen LogP contribution in [0.25, 0.3) is 94.3 Å². The number of anilines is 6. The molecule has 0 unspecified atom stereocenters. The first kappa shape index (κ1) is 60.6. The van der Waals surface area contributed by atoms with Crippen LogP contribution in [0.15, 0.2) is 279 Å². The Kier molecular flexibility index (Phi) is 14.6. The summed E-state index contributed by atoms with van der Waals surface area (Å²) in [7, 11) is 0. The summed E-state index contributed by atoms with van der Waals surface area (Å²) in [5, 5.41) is 0.0260. The minimum absolute atomic E-state index is 0.0130. The third-order valence-electron chi connectivity index (χ3n) is 22.2. The molecule has 0 aliphatic carbocycles. The van der Waals surface area contributed by atoms with E-state index < -0.39 is 43.0 Å². The van der Waals surface area contributed by atoms with Crippen molar-refractivity contribution in [2.45, 2.75) is 157 Å². The molecule has 0 radical (unpaired) electrons. The van der Waals surface area contributed by atoms with Crippen molar-refractivity contribution in [3.05, 3.63) is 312 Å². The molecule has 0 saturated carbocycles. The zero-order valence-corrected chi connectivity index (χ0v) is 64.9. The number of hydrogen-bond acceptors (Lipinski definition) is 2. The number of rotatable bonds is 9. The number of fused-ring (bicyclic) bond motifs is 7. The van der Waals surface area contributed by atoms with Crippen molar-refractivity contribution in [1.29, 1.82) is 0 Å². The van der Waals surface area contributed by atoms with Crippen LogP contribution in [0.4, 0.5) is 34.1 Å². The molecule has 16 rings (SSSR count). The third-order valence-corrected chi connectivity index (χ3v) is 22.2. The van der Waals surface area contributed by atoms with Crippen molar-refractivity contribution < 1.29 is 11.0 Å². The van der Waals surface area contributed by atoms with Gasteiger partial charge in [0.05, 0.1) is 33.4 Å². The summed E-state index contributed by atoms with van der Waals surface area (Å²) in [5.41, 5.74) is 27.8. The Morgan fingerprint density at radius 2 is 0.632 bits per heavy atom. The fraction of sp³-hybridized carbons (Fsp3) is 0.235. The largest absolute Gasteiger partial charge is 0.310 e. The number of hydrogen-bond donors (Lipinski definition) is 0. The lowest BCUT2D eigenvalue weighted by Gasteiger charge is -2.46. The molecule has 0 amide bonds. The number of para-hydroxylation sites is 4. The van der Waals surface area contributed by atoms with E-state index in [4.69, 9.17) is 2.74 Å². The molecular formula is C102H100BN3. The Morgan fingerprint density at radius 1 is 0.264 bits per heavy atom. The topological polar surface area (TPSA) is 11.4 Å². The predicted molar refractivity (Wildman–Crippen MR) is 460 cm³/mol. The second kappa shape index (κ2) is 25.5. The van der Waals surface area contributed by atoms with E-state index in [2.05, 4.69) is 359 Å². The highest BCUT2D eigenvalue weighted by molar-refractivity contribution is 7.00. The van der Waals surface area contributed by atoms with E-state index in [0.717, 1.165) is 117 Å². The van der Waals surface area contributed by atoms with Gasteiger partial charge in [-0.05, 0) is 169 Å². The molecule has 1 aromatic heterocycles. The molecule has 2 aliphatic heterocycles. The number of benzene rings is 13. The molecule has 106 heavy (non-hydrogen) atoms. The first-order chi connectivity index (χ1) is 53.7. The monoisotopic (exact) mass is 1390 g/mol. The van der Waals surface area contributed by atoms with Crippen LogP contribution >= 0.6 is 0 Å². The summed E-state index contributed by atoms with van der Waals surface area (Å²) >= 11 is 0. The Morgan fingerprint density at radius 3 is 1.03 bits per heavy atom. The molecule has 3 heterocycles. The Bertz CT molecular complexity index is 5970. The van der Waals surface area contributed by atoms with Gasteiger partial charge in [-0.1, -0.05) is 361 Å². The van der Waals surface area contributed by atoms with E-state index in [-0.39, 0.29) is 66.4 Å². The minimum Gasteiger partial charge on any atom is -0.310 e. The van der Waals surface area contributed by atoms with E-state index in [1.165, 1.54) is 33.4 Å². The van der Waals surface area contributed by atoms with Gasteiger partial charge in [0.1, 0.15) is 0 Å². The molecule has 0 spiro atoms. The molecule has 0 saturated heterocycles. The van der Waals surface area contributed by atoms with Crippen molar-refractivity contribution in [2.24, 2.45) is 0 Å². The van der Waals surface area contributed by atoms with E-state index in [1.54, 1.807) is 4.57 Å². The molecule has 0 atom stereocenters. The fourth-order valence-corrected chi connectivity index (χ4v) is 16.0. The highest BCUT2D eigenvalue weighted by Gasteiger charge is 2.46. The minimum atomic E-state index is -0.521. The summed E-state index contributed by atoms with van der Waals surface area (Å²) in [4.78, 5) is 5.06. The molecule has 3 nitrogen and oxygen atoms in total. The van der Waals surface area contributed by atoms with Gasteiger partial charge >= 0.3 is 0 Å². The zero-order valence-electron chi connectivity index (χ0n) is 72.9. The summed E-state index contributed by atoms with van der Waals surface area (Å²) in [6.45, 7) is 40.3. The van der Waals surface area contributed by atoms with Gasteiger partial charge in [-0.2, -0.15) is 0 Å². The van der Waals surface area contributed by atoms with Gasteiger partial charge in [0, 0.05) is 61.5 Å². The van der Waals surface area contributed by atoms with Crippen molar-refractivity contribution in [3.63, 3.8) is 0 Å². The first-order valence-electron chi connectivity index (χ1n) is 41.7. The van der Waals surface area contributed by atoms with Gasteiger partial charge < -0.3 is 14.4 Å². The van der Waals surface area contributed by atoms with Crippen LogP contribution < -0.4 is 26.2 Å². The molecule has 13 aromatic carbocycles. The lowest BCUT2D eigenvalue weighted by Crippen LogP contribution is -2.61. The van der Waals surface area contributed by atoms with Crippen molar-refractivity contribution in [2.75, 3.05) is 9.80 Å². The molecule has 4 heteroatoms. The van der Waals surface area contributed by atoms with Crippen molar-refractivity contribution in [3.8, 4) is 72.4 Å². The van der Waals surface area contributed by atoms with Gasteiger partial charge in [0.25, 0.3) is 6.71 Å².